The lowest BCUT2D eigenvalue weighted by molar-refractivity contribution is -0.185. The van der Waals surface area contributed by atoms with Gasteiger partial charge in [0.25, 0.3) is 5.91 Å². The number of nitrogens with one attached hydrogen (secondary N) is 2. The zero-order chi connectivity index (χ0) is 25.8. The molecule has 0 aliphatic carbocycles. The number of hydrogen-bond acceptors (Lipinski definition) is 5. The number of thiocarbonyl (C=S) groups is 1. The molecule has 1 aliphatic heterocycles. The Kier molecular flexibility index (Phi) is 8.44. The lowest BCUT2D eigenvalue weighted by Crippen LogP contribution is -2.52. The van der Waals surface area contributed by atoms with Crippen molar-refractivity contribution in [3.8, 4) is 5.75 Å². The Balaban J connectivity index is 1.67. The Morgan fingerprint density at radius 3 is 2.40 bits per heavy atom. The highest BCUT2D eigenvalue weighted by atomic mass is 35.5. The third kappa shape index (κ3) is 7.22. The van der Waals surface area contributed by atoms with Gasteiger partial charge in [-0.3, -0.25) is 14.9 Å². The maximum Gasteiger partial charge on any atom is 0.471 e. The van der Waals surface area contributed by atoms with Crippen molar-refractivity contribution in [2.75, 3.05) is 36.4 Å². The molecule has 0 unspecified atom stereocenters. The van der Waals surface area contributed by atoms with E-state index in [1.54, 1.807) is 42.5 Å². The van der Waals surface area contributed by atoms with Crippen molar-refractivity contribution in [3.05, 3.63) is 53.1 Å². The highest BCUT2D eigenvalue weighted by molar-refractivity contribution is 7.80. The van der Waals surface area contributed by atoms with Gasteiger partial charge in [-0.1, -0.05) is 17.7 Å². The van der Waals surface area contributed by atoms with Gasteiger partial charge in [0.05, 0.1) is 17.5 Å². The van der Waals surface area contributed by atoms with Gasteiger partial charge in [-0.05, 0) is 62.5 Å². The molecule has 2 N–H and O–H groups in total. The van der Waals surface area contributed by atoms with Crippen LogP contribution in [0.1, 0.15) is 24.2 Å². The van der Waals surface area contributed by atoms with E-state index in [0.717, 1.165) is 4.90 Å². The summed E-state index contributed by atoms with van der Waals surface area (Å²) in [6.07, 6.45) is -4.95. The molecule has 7 nitrogen and oxygen atoms in total. The fraction of sp³-hybridized carbons (Fsp3) is 0.348. The molecule has 35 heavy (non-hydrogen) atoms. The van der Waals surface area contributed by atoms with Crippen LogP contribution in [0, 0.1) is 0 Å². The number of benzene rings is 2. The van der Waals surface area contributed by atoms with Crippen LogP contribution in [0.3, 0.4) is 0 Å². The molecule has 2 aromatic carbocycles. The molecule has 0 spiro atoms. The average molecular weight is 529 g/mol. The second-order valence-corrected chi connectivity index (χ2v) is 8.89. The summed E-state index contributed by atoms with van der Waals surface area (Å²) in [6.45, 7) is 3.94. The summed E-state index contributed by atoms with van der Waals surface area (Å²) < 4.78 is 43.8. The number of nitrogens with zero attached hydrogens (tertiary/aromatic N) is 2. The number of ether oxygens (including phenoxy) is 1. The molecule has 1 aliphatic rings. The monoisotopic (exact) mass is 528 g/mol. The van der Waals surface area contributed by atoms with Gasteiger partial charge >= 0.3 is 12.1 Å². The van der Waals surface area contributed by atoms with Crippen molar-refractivity contribution < 1.29 is 27.5 Å². The van der Waals surface area contributed by atoms with Crippen LogP contribution in [0.2, 0.25) is 5.02 Å². The number of carbonyl (C=O) groups is 2. The minimum absolute atomic E-state index is 0.0135. The molecular weight excluding hydrogens is 505 g/mol. The van der Waals surface area contributed by atoms with Crippen molar-refractivity contribution >= 4 is 52.1 Å². The number of alkyl halides is 3. The molecular formula is C23H24ClF3N4O3S. The van der Waals surface area contributed by atoms with E-state index >= 15 is 0 Å². The number of amides is 2. The van der Waals surface area contributed by atoms with Crippen LogP contribution in [0.5, 0.6) is 5.75 Å². The van der Waals surface area contributed by atoms with Crippen LogP contribution in [-0.4, -0.2) is 60.3 Å². The average Bonchev–Trinajstić information content (AvgIpc) is 2.78. The molecule has 0 bridgehead atoms. The second-order valence-electron chi connectivity index (χ2n) is 8.04. The van der Waals surface area contributed by atoms with E-state index in [4.69, 9.17) is 28.6 Å². The van der Waals surface area contributed by atoms with E-state index < -0.39 is 18.0 Å². The highest BCUT2D eigenvalue weighted by Crippen LogP contribution is 2.31. The van der Waals surface area contributed by atoms with E-state index in [1.807, 2.05) is 18.7 Å². The van der Waals surface area contributed by atoms with Crippen molar-refractivity contribution in [1.29, 1.82) is 0 Å². The molecule has 2 amide bonds. The summed E-state index contributed by atoms with van der Waals surface area (Å²) in [6, 6.07) is 11.6. The number of hydrogen-bond donors (Lipinski definition) is 2. The molecule has 2 aromatic rings. The molecule has 3 rings (SSSR count). The van der Waals surface area contributed by atoms with Crippen LogP contribution in [0.4, 0.5) is 24.5 Å². The molecule has 0 radical (unpaired) electrons. The Bertz CT molecular complexity index is 1110. The molecule has 0 aromatic heterocycles. The summed E-state index contributed by atoms with van der Waals surface area (Å²) >= 11 is 11.4. The normalized spacial score (nSPS) is 14.0. The Morgan fingerprint density at radius 2 is 1.77 bits per heavy atom. The van der Waals surface area contributed by atoms with Gasteiger partial charge in [-0.2, -0.15) is 13.2 Å². The fourth-order valence-corrected chi connectivity index (χ4v) is 3.90. The minimum atomic E-state index is -4.90. The summed E-state index contributed by atoms with van der Waals surface area (Å²) in [5, 5.41) is 5.95. The molecule has 0 atom stereocenters. The first-order valence-electron chi connectivity index (χ1n) is 10.7. The van der Waals surface area contributed by atoms with Gasteiger partial charge in [0, 0.05) is 36.8 Å². The van der Waals surface area contributed by atoms with Crippen molar-refractivity contribution in [2.24, 2.45) is 0 Å². The van der Waals surface area contributed by atoms with Crippen LogP contribution in [-0.2, 0) is 4.79 Å². The third-order valence-electron chi connectivity index (χ3n) is 5.05. The topological polar surface area (TPSA) is 73.9 Å². The minimum Gasteiger partial charge on any atom is -0.491 e. The summed E-state index contributed by atoms with van der Waals surface area (Å²) in [4.78, 5) is 26.8. The predicted molar refractivity (Wildman–Crippen MR) is 132 cm³/mol. The second kappa shape index (κ2) is 11.1. The van der Waals surface area contributed by atoms with Crippen molar-refractivity contribution in [2.45, 2.75) is 26.1 Å². The summed E-state index contributed by atoms with van der Waals surface area (Å²) in [5.41, 5.74) is 1.44. The number of carbonyl (C=O) groups excluding carboxylic acids is 2. The zero-order valence-corrected chi connectivity index (χ0v) is 20.6. The Morgan fingerprint density at radius 1 is 1.09 bits per heavy atom. The quantitative estimate of drug-likeness (QED) is 0.558. The number of rotatable bonds is 5. The number of piperazine rings is 1. The summed E-state index contributed by atoms with van der Waals surface area (Å²) in [7, 11) is 0. The first kappa shape index (κ1) is 26.6. The largest absolute Gasteiger partial charge is 0.491 e. The summed E-state index contributed by atoms with van der Waals surface area (Å²) in [5.74, 6) is -1.75. The smallest absolute Gasteiger partial charge is 0.471 e. The molecule has 1 heterocycles. The van der Waals surface area contributed by atoms with E-state index in [1.165, 1.54) is 0 Å². The SMILES string of the molecule is CC(C)Oc1cccc(C(=O)NC(=S)Nc2cc(Cl)ccc2N2CCN(C(=O)C(F)(F)F)CC2)c1. The van der Waals surface area contributed by atoms with Gasteiger partial charge in [-0.15, -0.1) is 0 Å². The van der Waals surface area contributed by atoms with E-state index in [9.17, 15) is 22.8 Å². The predicted octanol–water partition coefficient (Wildman–Crippen LogP) is 4.46. The fourth-order valence-electron chi connectivity index (χ4n) is 3.53. The van der Waals surface area contributed by atoms with Gasteiger partial charge < -0.3 is 19.9 Å². The van der Waals surface area contributed by atoms with Crippen LogP contribution in [0.15, 0.2) is 42.5 Å². The lowest BCUT2D eigenvalue weighted by Gasteiger charge is -2.37. The van der Waals surface area contributed by atoms with Crippen molar-refractivity contribution in [1.82, 2.24) is 10.2 Å². The maximum atomic E-state index is 12.7. The Labute approximate surface area is 211 Å². The van der Waals surface area contributed by atoms with E-state index in [2.05, 4.69) is 10.6 Å². The molecule has 1 saturated heterocycles. The molecule has 0 saturated carbocycles. The lowest BCUT2D eigenvalue weighted by atomic mass is 10.2. The van der Waals surface area contributed by atoms with E-state index in [0.29, 0.717) is 27.7 Å². The van der Waals surface area contributed by atoms with Gasteiger partial charge in [0.1, 0.15) is 5.75 Å². The van der Waals surface area contributed by atoms with E-state index in [-0.39, 0.29) is 37.4 Å². The highest BCUT2D eigenvalue weighted by Gasteiger charge is 2.43. The zero-order valence-electron chi connectivity index (χ0n) is 19.0. The first-order chi connectivity index (χ1) is 16.4. The van der Waals surface area contributed by atoms with Crippen LogP contribution in [0.25, 0.3) is 0 Å². The third-order valence-corrected chi connectivity index (χ3v) is 5.49. The Hall–Kier alpha value is -3.05. The van der Waals surface area contributed by atoms with Crippen LogP contribution < -0.4 is 20.3 Å². The van der Waals surface area contributed by atoms with Crippen molar-refractivity contribution in [3.63, 3.8) is 0 Å². The van der Waals surface area contributed by atoms with Gasteiger partial charge in [0.15, 0.2) is 5.11 Å². The molecule has 12 heteroatoms. The standard InChI is InChI=1S/C23H24ClF3N4O3S/c1-14(2)34-17-5-3-4-15(12-17)20(32)29-22(35)28-18-13-16(24)6-7-19(18)30-8-10-31(11-9-30)21(33)23(25,26)27/h3-7,12-14H,8-11H2,1-2H3,(H2,28,29,32,35). The van der Waals surface area contributed by atoms with Gasteiger partial charge in [0.2, 0.25) is 0 Å². The molecule has 188 valence electrons. The van der Waals surface area contributed by atoms with Crippen LogP contribution >= 0.6 is 23.8 Å². The number of halogens is 4. The maximum absolute atomic E-state index is 12.7. The van der Waals surface area contributed by atoms with Gasteiger partial charge in [-0.25, -0.2) is 0 Å². The first-order valence-corrected chi connectivity index (χ1v) is 11.5. The number of anilines is 2. The molecule has 1 fully saturated rings.